The summed E-state index contributed by atoms with van der Waals surface area (Å²) >= 11 is 3.39. The molecule has 0 unspecified atom stereocenters. The van der Waals surface area contributed by atoms with Gasteiger partial charge in [0.1, 0.15) is 0 Å². The van der Waals surface area contributed by atoms with Gasteiger partial charge in [0, 0.05) is 17.1 Å². The number of carbonyl (C=O) groups excluding carboxylic acids is 1. The summed E-state index contributed by atoms with van der Waals surface area (Å²) in [5, 5.41) is 2.81. The van der Waals surface area contributed by atoms with Gasteiger partial charge in [0.25, 0.3) is 0 Å². The molecule has 0 bridgehead atoms. The molecule has 1 aromatic rings. The average Bonchev–Trinajstić information content (AvgIpc) is 2.32. The number of halogens is 1. The van der Waals surface area contributed by atoms with Crippen LogP contribution in [-0.4, -0.2) is 12.5 Å². The quantitative estimate of drug-likeness (QED) is 0.502. The van der Waals surface area contributed by atoms with Gasteiger partial charge in [-0.25, -0.2) is 0 Å². The Kier molecular flexibility index (Phi) is 6.33. The van der Waals surface area contributed by atoms with Crippen molar-refractivity contribution < 1.29 is 4.79 Å². The Morgan fingerprint density at radius 3 is 3.00 bits per heavy atom. The van der Waals surface area contributed by atoms with Crippen LogP contribution in [0.25, 0.3) is 6.08 Å². The monoisotopic (exact) mass is 293 g/mol. The van der Waals surface area contributed by atoms with Crippen LogP contribution in [0.5, 0.6) is 0 Å². The first-order valence-electron chi connectivity index (χ1n) is 5.55. The maximum Gasteiger partial charge on any atom is 0.244 e. The normalized spacial score (nSPS) is 11.2. The molecule has 0 heterocycles. The van der Waals surface area contributed by atoms with Crippen molar-refractivity contribution in [3.63, 3.8) is 0 Å². The van der Waals surface area contributed by atoms with Gasteiger partial charge in [-0.1, -0.05) is 40.2 Å². The van der Waals surface area contributed by atoms with Crippen LogP contribution in [0.3, 0.4) is 0 Å². The minimum atomic E-state index is -0.0607. The minimum Gasteiger partial charge on any atom is -0.352 e. The van der Waals surface area contributed by atoms with Gasteiger partial charge in [-0.2, -0.15) is 0 Å². The van der Waals surface area contributed by atoms with Crippen LogP contribution in [-0.2, 0) is 4.79 Å². The van der Waals surface area contributed by atoms with Crippen molar-refractivity contribution in [1.82, 2.24) is 5.32 Å². The molecule has 0 spiro atoms. The molecule has 3 heteroatoms. The third-order valence-electron chi connectivity index (χ3n) is 2.12. The zero-order valence-corrected chi connectivity index (χ0v) is 11.4. The van der Waals surface area contributed by atoms with E-state index in [2.05, 4.69) is 21.2 Å². The van der Waals surface area contributed by atoms with E-state index in [1.165, 1.54) is 0 Å². The molecule has 0 radical (unpaired) electrons. The lowest BCUT2D eigenvalue weighted by atomic mass is 10.2. The molecule has 0 aliphatic carbocycles. The van der Waals surface area contributed by atoms with Gasteiger partial charge in [-0.3, -0.25) is 4.79 Å². The van der Waals surface area contributed by atoms with Gasteiger partial charge >= 0.3 is 0 Å². The zero-order valence-electron chi connectivity index (χ0n) is 9.82. The lowest BCUT2D eigenvalue weighted by Crippen LogP contribution is -2.21. The van der Waals surface area contributed by atoms with E-state index in [0.717, 1.165) is 16.5 Å². The number of carbonyl (C=O) groups is 1. The Morgan fingerprint density at radius 1 is 1.47 bits per heavy atom. The van der Waals surface area contributed by atoms with Crippen LogP contribution in [0.4, 0.5) is 0 Å². The van der Waals surface area contributed by atoms with Crippen molar-refractivity contribution in [1.29, 1.82) is 0 Å². The maximum absolute atomic E-state index is 11.4. The molecule has 1 N–H and O–H groups in total. The Balaban J connectivity index is 2.40. The summed E-state index contributed by atoms with van der Waals surface area (Å²) in [6, 6.07) is 7.81. The van der Waals surface area contributed by atoms with Crippen molar-refractivity contribution in [2.75, 3.05) is 6.54 Å². The van der Waals surface area contributed by atoms with Crippen molar-refractivity contribution in [2.24, 2.45) is 0 Å². The molecular weight excluding hydrogens is 278 g/mol. The summed E-state index contributed by atoms with van der Waals surface area (Å²) in [5.74, 6) is -0.0607. The highest BCUT2D eigenvalue weighted by Gasteiger charge is 1.93. The average molecular weight is 294 g/mol. The molecular formula is C14H16BrNO. The van der Waals surface area contributed by atoms with Crippen molar-refractivity contribution in [3.8, 4) is 0 Å². The van der Waals surface area contributed by atoms with Crippen molar-refractivity contribution >= 4 is 27.9 Å². The summed E-state index contributed by atoms with van der Waals surface area (Å²) in [5.41, 5.74) is 1.00. The molecule has 0 aliphatic rings. The van der Waals surface area contributed by atoms with Gasteiger partial charge in [0.15, 0.2) is 0 Å². The first-order valence-corrected chi connectivity index (χ1v) is 6.34. The lowest BCUT2D eigenvalue weighted by molar-refractivity contribution is -0.116. The number of nitrogens with one attached hydrogen (secondary N) is 1. The van der Waals surface area contributed by atoms with Gasteiger partial charge < -0.3 is 5.32 Å². The zero-order chi connectivity index (χ0) is 12.5. The van der Waals surface area contributed by atoms with E-state index in [1.807, 2.05) is 43.3 Å². The summed E-state index contributed by atoms with van der Waals surface area (Å²) in [4.78, 5) is 11.4. The van der Waals surface area contributed by atoms with Crippen LogP contribution in [0, 0.1) is 0 Å². The molecule has 0 atom stereocenters. The molecule has 2 nitrogen and oxygen atoms in total. The summed E-state index contributed by atoms with van der Waals surface area (Å²) in [7, 11) is 0. The summed E-state index contributed by atoms with van der Waals surface area (Å²) in [6.07, 6.45) is 8.22. The fourth-order valence-corrected chi connectivity index (χ4v) is 1.70. The van der Waals surface area contributed by atoms with E-state index in [9.17, 15) is 4.79 Å². The Labute approximate surface area is 111 Å². The molecule has 0 aliphatic heterocycles. The molecule has 0 fully saturated rings. The molecule has 1 amide bonds. The number of rotatable bonds is 5. The van der Waals surface area contributed by atoms with Crippen LogP contribution in [0.15, 0.2) is 47.0 Å². The highest BCUT2D eigenvalue weighted by atomic mass is 79.9. The van der Waals surface area contributed by atoms with Gasteiger partial charge in [0.2, 0.25) is 5.91 Å². The highest BCUT2D eigenvalue weighted by molar-refractivity contribution is 9.10. The number of hydrogen-bond acceptors (Lipinski definition) is 1. The number of amides is 1. The SMILES string of the molecule is C/C=C/CCNC(=O)/C=C/c1cccc(Br)c1. The number of allylic oxidation sites excluding steroid dienone is 1. The van der Waals surface area contributed by atoms with Gasteiger partial charge in [-0.05, 0) is 37.1 Å². The molecule has 90 valence electrons. The van der Waals surface area contributed by atoms with Gasteiger partial charge in [0.05, 0.1) is 0 Å². The number of benzene rings is 1. The summed E-state index contributed by atoms with van der Waals surface area (Å²) < 4.78 is 1.01. The minimum absolute atomic E-state index is 0.0607. The van der Waals surface area contributed by atoms with E-state index in [-0.39, 0.29) is 5.91 Å². The number of hydrogen-bond donors (Lipinski definition) is 1. The van der Waals surface area contributed by atoms with E-state index in [1.54, 1.807) is 12.2 Å². The van der Waals surface area contributed by atoms with E-state index in [0.29, 0.717) is 6.54 Å². The standard InChI is InChI=1S/C14H16BrNO/c1-2-3-4-10-16-14(17)9-8-12-6-5-7-13(15)11-12/h2-3,5-9,11H,4,10H2,1H3,(H,16,17)/b3-2+,9-8+. The van der Waals surface area contributed by atoms with Crippen LogP contribution < -0.4 is 5.32 Å². The Hall–Kier alpha value is -1.35. The second-order valence-corrected chi connectivity index (χ2v) is 4.45. The summed E-state index contributed by atoms with van der Waals surface area (Å²) in [6.45, 7) is 2.64. The Bertz CT molecular complexity index is 424. The van der Waals surface area contributed by atoms with E-state index >= 15 is 0 Å². The van der Waals surface area contributed by atoms with Gasteiger partial charge in [-0.15, -0.1) is 0 Å². The second kappa shape index (κ2) is 7.85. The topological polar surface area (TPSA) is 29.1 Å². The first-order chi connectivity index (χ1) is 8.22. The first kappa shape index (κ1) is 13.7. The van der Waals surface area contributed by atoms with Crippen molar-refractivity contribution in [2.45, 2.75) is 13.3 Å². The second-order valence-electron chi connectivity index (χ2n) is 3.54. The largest absolute Gasteiger partial charge is 0.352 e. The van der Waals surface area contributed by atoms with Crippen LogP contribution in [0.1, 0.15) is 18.9 Å². The maximum atomic E-state index is 11.4. The lowest BCUT2D eigenvalue weighted by Gasteiger charge is -1.98. The van der Waals surface area contributed by atoms with E-state index in [4.69, 9.17) is 0 Å². The Morgan fingerprint density at radius 2 is 2.29 bits per heavy atom. The highest BCUT2D eigenvalue weighted by Crippen LogP contribution is 2.12. The fourth-order valence-electron chi connectivity index (χ4n) is 1.29. The molecule has 0 saturated carbocycles. The van der Waals surface area contributed by atoms with Crippen molar-refractivity contribution in [3.05, 3.63) is 52.5 Å². The molecule has 0 saturated heterocycles. The third kappa shape index (κ3) is 6.07. The fraction of sp³-hybridized carbons (Fsp3) is 0.214. The van der Waals surface area contributed by atoms with Crippen LogP contribution in [0.2, 0.25) is 0 Å². The molecule has 1 rings (SSSR count). The molecule has 0 aromatic heterocycles. The molecule has 1 aromatic carbocycles. The third-order valence-corrected chi connectivity index (χ3v) is 2.62. The predicted octanol–water partition coefficient (Wildman–Crippen LogP) is 3.54. The molecule has 17 heavy (non-hydrogen) atoms. The smallest absolute Gasteiger partial charge is 0.244 e. The predicted molar refractivity (Wildman–Crippen MR) is 75.6 cm³/mol. The van der Waals surface area contributed by atoms with Crippen LogP contribution >= 0.6 is 15.9 Å². The van der Waals surface area contributed by atoms with E-state index < -0.39 is 0 Å².